The molecule has 0 saturated carbocycles. The molecule has 0 aliphatic carbocycles. The summed E-state index contributed by atoms with van der Waals surface area (Å²) in [5.74, 6) is -20.7. The van der Waals surface area contributed by atoms with E-state index in [4.69, 9.17) is 75.8 Å². The van der Waals surface area contributed by atoms with Crippen LogP contribution in [0.3, 0.4) is 0 Å². The number of esters is 11. The maximum Gasteiger partial charge on any atom is 0.367 e. The second kappa shape index (κ2) is 31.9. The number of ether oxygens (including phenoxy) is 16. The summed E-state index contributed by atoms with van der Waals surface area (Å²) in [6.45, 7) is 4.84. The van der Waals surface area contributed by atoms with Crippen molar-refractivity contribution in [3.63, 3.8) is 0 Å². The minimum absolute atomic E-state index is 0.0317. The average molecular weight is 1320 g/mol. The van der Waals surface area contributed by atoms with Crippen molar-refractivity contribution >= 4 is 77.5 Å². The predicted molar refractivity (Wildman–Crippen MR) is 306 cm³/mol. The lowest BCUT2D eigenvalue weighted by Gasteiger charge is -2.53. The van der Waals surface area contributed by atoms with Crippen LogP contribution in [0.25, 0.3) is 0 Å². The Labute approximate surface area is 535 Å². The van der Waals surface area contributed by atoms with Gasteiger partial charge in [0, 0.05) is 55.4 Å². The zero-order valence-electron chi connectivity index (χ0n) is 52.1. The Morgan fingerprint density at radius 2 is 1.05 bits per heavy atom. The van der Waals surface area contributed by atoms with Crippen LogP contribution in [0.15, 0.2) is 91.0 Å². The molecule has 94 heavy (non-hydrogen) atoms. The van der Waals surface area contributed by atoms with E-state index in [0.29, 0.717) is 0 Å². The van der Waals surface area contributed by atoms with Gasteiger partial charge in [0.1, 0.15) is 62.5 Å². The van der Waals surface area contributed by atoms with Crippen LogP contribution in [0.2, 0.25) is 0 Å². The first-order chi connectivity index (χ1) is 44.5. The summed E-state index contributed by atoms with van der Waals surface area (Å²) in [4.78, 5) is 176. The minimum Gasteiger partial charge on any atom is -0.465 e. The number of rotatable bonds is 23. The highest BCUT2D eigenvalue weighted by molar-refractivity contribution is 5.91. The largest absolute Gasteiger partial charge is 0.465 e. The Balaban J connectivity index is 1.42. The molecule has 0 radical (unpaired) electrons. The van der Waals surface area contributed by atoms with E-state index in [2.05, 4.69) is 10.6 Å². The summed E-state index contributed by atoms with van der Waals surface area (Å²) in [5, 5.41) is 17.2. The van der Waals surface area contributed by atoms with Crippen LogP contribution in [0.1, 0.15) is 99.3 Å². The number of benzene rings is 3. The highest BCUT2D eigenvalue weighted by atomic mass is 16.8. The lowest BCUT2D eigenvalue weighted by molar-refractivity contribution is -0.376. The number of hydrogen-bond donors (Lipinski definition) is 3. The molecule has 1 spiro atoms. The van der Waals surface area contributed by atoms with Gasteiger partial charge in [0.15, 0.2) is 36.8 Å². The van der Waals surface area contributed by atoms with Gasteiger partial charge in [-0.15, -0.1) is 0 Å². The van der Waals surface area contributed by atoms with Gasteiger partial charge >= 0.3 is 65.7 Å². The van der Waals surface area contributed by atoms with Crippen LogP contribution in [0, 0.1) is 0 Å². The van der Waals surface area contributed by atoms with E-state index in [0.717, 1.165) is 62.5 Å². The molecule has 4 heterocycles. The number of aliphatic hydroxyl groups is 1. The van der Waals surface area contributed by atoms with Gasteiger partial charge in [-0.3, -0.25) is 38.4 Å². The van der Waals surface area contributed by atoms with Crippen LogP contribution in [-0.4, -0.2) is 213 Å². The summed E-state index contributed by atoms with van der Waals surface area (Å²) >= 11 is 0. The molecule has 3 N–H and O–H groups in total. The monoisotopic (exact) mass is 1320 g/mol. The molecule has 4 aliphatic rings. The predicted octanol–water partition coefficient (Wildman–Crippen LogP) is 0.713. The first-order valence-electron chi connectivity index (χ1n) is 29.1. The third-order valence-electron chi connectivity index (χ3n) is 14.6. The summed E-state index contributed by atoms with van der Waals surface area (Å²) in [7, 11) is 0.833. The topological polar surface area (TPSA) is 414 Å². The van der Waals surface area contributed by atoms with E-state index >= 15 is 4.79 Å². The van der Waals surface area contributed by atoms with E-state index in [9.17, 15) is 62.6 Å². The first-order valence-corrected chi connectivity index (χ1v) is 29.1. The molecular weight excluding hydrogens is 1250 g/mol. The Morgan fingerprint density at radius 1 is 0.553 bits per heavy atom. The lowest BCUT2D eigenvalue weighted by Crippen LogP contribution is -2.74. The highest BCUT2D eigenvalue weighted by Gasteiger charge is 2.66. The molecule has 0 bridgehead atoms. The van der Waals surface area contributed by atoms with E-state index in [1.165, 1.54) is 72.8 Å². The fraction of sp³-hybridized carbons (Fsp3) is 0.500. The molecule has 3 aromatic carbocycles. The number of aliphatic hydroxyl groups excluding tert-OH is 1. The fourth-order valence-electron chi connectivity index (χ4n) is 11.0. The SMILES string of the molecule is COC(=O)[C@@]1(O[C@H]2[C@@H](OC(=O)c3ccccc3)[C@@H](COC(=O)c3ccccc3)OC(O)[C@@H]2OC(=O)c2ccccc2)C[C@H](OC(C)=O)[C@@H](NC(C)=O)[C@H]([C@H](OC(C)=O)[C@H]2COC(=O)[C@]3(C[C@H](OC(C)=O)[C@@H](NC(C)=O)[C@H]([C@H](OC(C)=O)[C@@H](COC(C)=O)OC(C)=O)O3)O2)O1. The van der Waals surface area contributed by atoms with Crippen molar-refractivity contribution in [2.75, 3.05) is 26.9 Å². The zero-order chi connectivity index (χ0) is 68.8. The van der Waals surface area contributed by atoms with Gasteiger partial charge in [-0.1, -0.05) is 54.6 Å². The molecule has 7 rings (SSSR count). The summed E-state index contributed by atoms with van der Waals surface area (Å²) in [5.41, 5.74) is -0.211. The smallest absolute Gasteiger partial charge is 0.367 e. The average Bonchev–Trinajstić information content (AvgIpc) is 0.742. The van der Waals surface area contributed by atoms with Crippen molar-refractivity contribution in [2.45, 2.75) is 171 Å². The van der Waals surface area contributed by atoms with Crippen molar-refractivity contribution < 1.29 is 143 Å². The van der Waals surface area contributed by atoms with Crippen molar-refractivity contribution in [3.8, 4) is 0 Å². The molecule has 4 saturated heterocycles. The van der Waals surface area contributed by atoms with Crippen LogP contribution in [-0.2, 0) is 124 Å². The van der Waals surface area contributed by atoms with E-state index in [1.807, 2.05) is 0 Å². The number of amides is 2. The number of cyclic esters (lactones) is 1. The van der Waals surface area contributed by atoms with E-state index in [-0.39, 0.29) is 16.7 Å². The van der Waals surface area contributed by atoms with Gasteiger partial charge in [0.05, 0.1) is 48.7 Å². The molecule has 17 atom stereocenters. The van der Waals surface area contributed by atoms with Gasteiger partial charge in [-0.2, -0.15) is 0 Å². The van der Waals surface area contributed by atoms with Crippen molar-refractivity contribution in [1.82, 2.24) is 10.6 Å². The van der Waals surface area contributed by atoms with Crippen LogP contribution in [0.4, 0.5) is 0 Å². The number of hydrogen-bond acceptors (Lipinski definition) is 30. The summed E-state index contributed by atoms with van der Waals surface area (Å²) in [6, 6.07) is 18.4. The lowest BCUT2D eigenvalue weighted by atomic mass is 9.86. The second-order valence-electron chi connectivity index (χ2n) is 21.8. The second-order valence-corrected chi connectivity index (χ2v) is 21.8. The van der Waals surface area contributed by atoms with Gasteiger partial charge in [-0.25, -0.2) is 24.0 Å². The Morgan fingerprint density at radius 3 is 1.54 bits per heavy atom. The molecule has 508 valence electrons. The molecular formula is C62H70N2O30. The van der Waals surface area contributed by atoms with Gasteiger partial charge in [0.25, 0.3) is 11.6 Å². The molecule has 32 heteroatoms. The summed E-state index contributed by atoms with van der Waals surface area (Å²) < 4.78 is 95.0. The fourth-order valence-corrected chi connectivity index (χ4v) is 11.0. The highest BCUT2D eigenvalue weighted by Crippen LogP contribution is 2.45. The Hall–Kier alpha value is -9.47. The third kappa shape index (κ3) is 18.2. The van der Waals surface area contributed by atoms with Gasteiger partial charge in [0.2, 0.25) is 11.8 Å². The van der Waals surface area contributed by atoms with Crippen LogP contribution >= 0.6 is 0 Å². The van der Waals surface area contributed by atoms with E-state index in [1.54, 1.807) is 18.2 Å². The van der Waals surface area contributed by atoms with Crippen molar-refractivity contribution in [3.05, 3.63) is 108 Å². The quantitative estimate of drug-likeness (QED) is 0.0869. The molecule has 32 nitrogen and oxygen atoms in total. The number of nitrogens with one attached hydrogen (secondary N) is 2. The normalized spacial score (nSPS) is 28.1. The van der Waals surface area contributed by atoms with Gasteiger partial charge in [-0.05, 0) is 36.4 Å². The van der Waals surface area contributed by atoms with Crippen molar-refractivity contribution in [1.29, 1.82) is 0 Å². The Bertz CT molecular complexity index is 3280. The number of carbonyl (C=O) groups is 13. The maximum absolute atomic E-state index is 15.2. The molecule has 2 amide bonds. The van der Waals surface area contributed by atoms with Crippen LogP contribution < -0.4 is 10.6 Å². The third-order valence-corrected chi connectivity index (χ3v) is 14.6. The van der Waals surface area contributed by atoms with Gasteiger partial charge < -0.3 is 91.5 Å². The van der Waals surface area contributed by atoms with Crippen molar-refractivity contribution in [2.24, 2.45) is 0 Å². The molecule has 4 fully saturated rings. The minimum atomic E-state index is -3.24. The van der Waals surface area contributed by atoms with Crippen LogP contribution in [0.5, 0.6) is 0 Å². The molecule has 1 unspecified atom stereocenters. The number of methoxy groups -OCH3 is 1. The standard InChI is InChI=1S/C62H70N2O30/c1-30(65)63-46-42(84-34(5)69)26-62(93-51(46)48(86-36(7)71)43(85-35(6)70)27-80-32(3)67)60(78)82-29-45(91-62)50(87-37(8)72)52-47(64-31(2)66)41(83-33(4)68)25-61(92-52,59(77)79-9)94-53-49(89-56(74)39-21-15-11-16-22-39)44(28-81-55(73)38-19-13-10-14-20-38)88-58(76)54(53)90-57(75)40-23-17-12-18-24-40/h10-24,41-54,58,76H,25-29H2,1-9H3,(H,63,65)(H,64,66)/t41-,42-,43+,44+,45+,46+,47+,48+,49-,50+,51+,52+,53-,54+,58?,61-,62+/m0/s1. The first kappa shape index (κ1) is 72.0. The maximum atomic E-state index is 15.2. The zero-order valence-corrected chi connectivity index (χ0v) is 52.1. The molecule has 0 aromatic heterocycles. The number of carbonyl (C=O) groups excluding carboxylic acids is 13. The van der Waals surface area contributed by atoms with E-state index < -0.39 is 213 Å². The Kier molecular flexibility index (Phi) is 24.4. The molecule has 3 aromatic rings. The molecule has 4 aliphatic heterocycles. The summed E-state index contributed by atoms with van der Waals surface area (Å²) in [6.07, 6.45) is -29.0.